The zero-order valence-electron chi connectivity index (χ0n) is 19.9. The highest BCUT2D eigenvalue weighted by molar-refractivity contribution is 6.30. The predicted octanol–water partition coefficient (Wildman–Crippen LogP) is 4.81. The van der Waals surface area contributed by atoms with Gasteiger partial charge in [-0.1, -0.05) is 29.8 Å². The first-order valence-corrected chi connectivity index (χ1v) is 11.6. The molecule has 0 bridgehead atoms. The standard InChI is InChI=1S/C27H26ClNO6/c1-14-24(27(32)34-4)25(17-7-10-22(35-15(2)30)23(13-17)33-3)26-20(29-14)11-18(12-21(26)31)16-5-8-19(28)9-6-16/h5-10,13,18,25,29H,11-12H2,1-4H3/t18-,25-/m1/s1. The third-order valence-electron chi connectivity index (χ3n) is 6.35. The highest BCUT2D eigenvalue weighted by Gasteiger charge is 2.41. The normalized spacial score (nSPS) is 19.6. The third kappa shape index (κ3) is 4.82. The molecule has 0 saturated carbocycles. The highest BCUT2D eigenvalue weighted by Crippen LogP contribution is 2.47. The van der Waals surface area contributed by atoms with Crippen LogP contribution in [0.1, 0.15) is 49.7 Å². The van der Waals surface area contributed by atoms with Crippen LogP contribution in [0.15, 0.2) is 65.0 Å². The summed E-state index contributed by atoms with van der Waals surface area (Å²) in [6.45, 7) is 3.10. The molecule has 2 aromatic rings. The van der Waals surface area contributed by atoms with E-state index in [2.05, 4.69) is 5.32 Å². The van der Waals surface area contributed by atoms with Gasteiger partial charge in [-0.2, -0.15) is 0 Å². The molecule has 1 heterocycles. The van der Waals surface area contributed by atoms with Crippen molar-refractivity contribution in [3.63, 3.8) is 0 Å². The van der Waals surface area contributed by atoms with Gasteiger partial charge < -0.3 is 19.5 Å². The first-order chi connectivity index (χ1) is 16.7. The first-order valence-electron chi connectivity index (χ1n) is 11.2. The van der Waals surface area contributed by atoms with Crippen molar-refractivity contribution in [1.82, 2.24) is 5.32 Å². The van der Waals surface area contributed by atoms with E-state index in [1.165, 1.54) is 21.1 Å². The minimum absolute atomic E-state index is 0.0139. The molecule has 35 heavy (non-hydrogen) atoms. The van der Waals surface area contributed by atoms with Gasteiger partial charge in [-0.3, -0.25) is 9.59 Å². The number of Topliss-reactive ketones (excluding diaryl/α,β-unsaturated/α-hetero) is 1. The van der Waals surface area contributed by atoms with Gasteiger partial charge in [0.05, 0.1) is 19.8 Å². The average Bonchev–Trinajstić information content (AvgIpc) is 2.83. The number of carbonyl (C=O) groups is 3. The van der Waals surface area contributed by atoms with Crippen molar-refractivity contribution in [3.05, 3.63) is 81.2 Å². The topological polar surface area (TPSA) is 90.9 Å². The van der Waals surface area contributed by atoms with Gasteiger partial charge in [0, 0.05) is 41.3 Å². The SMILES string of the molecule is COC(=O)C1=C(C)NC2=C(C(=O)C[C@H](c3ccc(Cl)cc3)C2)[C@@H]1c1ccc(OC(C)=O)c(OC)c1. The first kappa shape index (κ1) is 24.5. The summed E-state index contributed by atoms with van der Waals surface area (Å²) in [5.74, 6) is -1.15. The quantitative estimate of drug-likeness (QED) is 0.470. The van der Waals surface area contributed by atoms with E-state index in [4.69, 9.17) is 25.8 Å². The van der Waals surface area contributed by atoms with Gasteiger partial charge in [0.25, 0.3) is 0 Å². The van der Waals surface area contributed by atoms with Crippen molar-refractivity contribution in [2.24, 2.45) is 0 Å². The van der Waals surface area contributed by atoms with Crippen LogP contribution in [0, 0.1) is 0 Å². The summed E-state index contributed by atoms with van der Waals surface area (Å²) >= 11 is 6.04. The number of halogens is 1. The molecule has 0 unspecified atom stereocenters. The second-order valence-electron chi connectivity index (χ2n) is 8.56. The maximum absolute atomic E-state index is 13.6. The van der Waals surface area contributed by atoms with Gasteiger partial charge in [0.15, 0.2) is 17.3 Å². The van der Waals surface area contributed by atoms with Crippen LogP contribution < -0.4 is 14.8 Å². The van der Waals surface area contributed by atoms with E-state index in [0.717, 1.165) is 11.3 Å². The van der Waals surface area contributed by atoms with Crippen LogP contribution in [0.25, 0.3) is 0 Å². The van der Waals surface area contributed by atoms with E-state index >= 15 is 0 Å². The molecule has 0 fully saturated rings. The Bertz CT molecular complexity index is 1260. The molecule has 7 nitrogen and oxygen atoms in total. The van der Waals surface area contributed by atoms with Crippen molar-refractivity contribution in [2.45, 2.75) is 38.5 Å². The Morgan fingerprint density at radius 1 is 1.00 bits per heavy atom. The van der Waals surface area contributed by atoms with Gasteiger partial charge in [0.2, 0.25) is 0 Å². The van der Waals surface area contributed by atoms with Crippen molar-refractivity contribution in [1.29, 1.82) is 0 Å². The lowest BCUT2D eigenvalue weighted by molar-refractivity contribution is -0.136. The number of benzene rings is 2. The number of ether oxygens (including phenoxy) is 3. The van der Waals surface area contributed by atoms with E-state index in [1.54, 1.807) is 25.1 Å². The summed E-state index contributed by atoms with van der Waals surface area (Å²) < 4.78 is 15.7. The van der Waals surface area contributed by atoms with E-state index in [-0.39, 0.29) is 17.5 Å². The van der Waals surface area contributed by atoms with Crippen molar-refractivity contribution >= 4 is 29.3 Å². The lowest BCUT2D eigenvalue weighted by atomic mass is 9.71. The van der Waals surface area contributed by atoms with Gasteiger partial charge in [0.1, 0.15) is 0 Å². The number of esters is 2. The van der Waals surface area contributed by atoms with Crippen LogP contribution in [-0.4, -0.2) is 31.9 Å². The van der Waals surface area contributed by atoms with E-state index in [0.29, 0.717) is 46.0 Å². The van der Waals surface area contributed by atoms with Crippen molar-refractivity contribution in [3.8, 4) is 11.5 Å². The molecule has 1 aliphatic heterocycles. The van der Waals surface area contributed by atoms with Gasteiger partial charge in [-0.15, -0.1) is 0 Å². The van der Waals surface area contributed by atoms with Crippen LogP contribution in [0.3, 0.4) is 0 Å². The number of ketones is 1. The van der Waals surface area contributed by atoms with Crippen LogP contribution in [-0.2, 0) is 19.1 Å². The maximum atomic E-state index is 13.6. The van der Waals surface area contributed by atoms with Crippen molar-refractivity contribution in [2.75, 3.05) is 14.2 Å². The zero-order valence-corrected chi connectivity index (χ0v) is 20.7. The van der Waals surface area contributed by atoms with Crippen LogP contribution >= 0.6 is 11.6 Å². The molecular formula is C27H26ClNO6. The Labute approximate surface area is 208 Å². The van der Waals surface area contributed by atoms with E-state index < -0.39 is 17.9 Å². The van der Waals surface area contributed by atoms with E-state index in [9.17, 15) is 14.4 Å². The largest absolute Gasteiger partial charge is 0.493 e. The third-order valence-corrected chi connectivity index (χ3v) is 6.60. The molecule has 4 rings (SSSR count). The summed E-state index contributed by atoms with van der Waals surface area (Å²) in [5.41, 5.74) is 3.97. The van der Waals surface area contributed by atoms with Gasteiger partial charge >= 0.3 is 11.9 Å². The summed E-state index contributed by atoms with van der Waals surface area (Å²) in [6, 6.07) is 12.5. The molecule has 2 aromatic carbocycles. The number of allylic oxidation sites excluding steroid dienone is 3. The fourth-order valence-electron chi connectivity index (χ4n) is 4.83. The Balaban J connectivity index is 1.81. The number of hydrogen-bond acceptors (Lipinski definition) is 7. The Hall–Kier alpha value is -3.58. The highest BCUT2D eigenvalue weighted by atomic mass is 35.5. The second-order valence-corrected chi connectivity index (χ2v) is 9.00. The maximum Gasteiger partial charge on any atom is 0.336 e. The molecule has 0 spiro atoms. The lowest BCUT2D eigenvalue weighted by Gasteiger charge is -2.36. The number of dihydropyridines is 1. The molecule has 0 amide bonds. The van der Waals surface area contributed by atoms with Gasteiger partial charge in [-0.05, 0) is 54.7 Å². The molecule has 2 aliphatic rings. The van der Waals surface area contributed by atoms with Crippen LogP contribution in [0.5, 0.6) is 11.5 Å². The monoisotopic (exact) mass is 495 g/mol. The summed E-state index contributed by atoms with van der Waals surface area (Å²) in [6.07, 6.45) is 0.905. The van der Waals surface area contributed by atoms with Crippen molar-refractivity contribution < 1.29 is 28.6 Å². The van der Waals surface area contributed by atoms with Crippen LogP contribution in [0.2, 0.25) is 5.02 Å². The van der Waals surface area contributed by atoms with E-state index in [1.807, 2.05) is 24.3 Å². The molecule has 2 atom stereocenters. The average molecular weight is 496 g/mol. The fraction of sp³-hybridized carbons (Fsp3) is 0.296. The van der Waals surface area contributed by atoms with Crippen LogP contribution in [0.4, 0.5) is 0 Å². The Morgan fingerprint density at radius 3 is 2.31 bits per heavy atom. The summed E-state index contributed by atoms with van der Waals surface area (Å²) in [7, 11) is 2.78. The Kier molecular flexibility index (Phi) is 6.98. The molecule has 1 N–H and O–H groups in total. The second kappa shape index (κ2) is 9.96. The molecule has 1 aliphatic carbocycles. The molecular weight excluding hydrogens is 470 g/mol. The number of methoxy groups -OCH3 is 2. The van der Waals surface area contributed by atoms with Gasteiger partial charge in [-0.25, -0.2) is 4.79 Å². The molecule has 0 saturated heterocycles. The molecule has 8 heteroatoms. The number of nitrogens with one attached hydrogen (secondary N) is 1. The zero-order chi connectivity index (χ0) is 25.3. The molecule has 0 radical (unpaired) electrons. The smallest absolute Gasteiger partial charge is 0.336 e. The lowest BCUT2D eigenvalue weighted by Crippen LogP contribution is -2.36. The number of hydrogen-bond donors (Lipinski definition) is 1. The minimum Gasteiger partial charge on any atom is -0.493 e. The number of rotatable bonds is 5. The predicted molar refractivity (Wildman–Crippen MR) is 130 cm³/mol. The summed E-state index contributed by atoms with van der Waals surface area (Å²) in [4.78, 5) is 37.9. The fourth-order valence-corrected chi connectivity index (χ4v) is 4.95. The Morgan fingerprint density at radius 2 is 1.69 bits per heavy atom. The molecule has 0 aromatic heterocycles. The molecule has 182 valence electrons. The number of carbonyl (C=O) groups excluding carboxylic acids is 3. The summed E-state index contributed by atoms with van der Waals surface area (Å²) in [5, 5.41) is 3.94. The minimum atomic E-state index is -0.655.